The molecule has 0 saturated carbocycles. The van der Waals surface area contributed by atoms with E-state index in [9.17, 15) is 0 Å². The predicted octanol–water partition coefficient (Wildman–Crippen LogP) is 2.75. The first-order valence-corrected chi connectivity index (χ1v) is 5.27. The van der Waals surface area contributed by atoms with Crippen LogP contribution in [-0.2, 0) is 6.54 Å². The van der Waals surface area contributed by atoms with Crippen LogP contribution in [0.25, 0.3) is 6.08 Å². The van der Waals surface area contributed by atoms with Gasteiger partial charge in [0.25, 0.3) is 0 Å². The SMILES string of the molecule is CC/C(=C\c1nncn1CC)C(C)C. The van der Waals surface area contributed by atoms with Gasteiger partial charge in [0.05, 0.1) is 0 Å². The summed E-state index contributed by atoms with van der Waals surface area (Å²) in [5, 5.41) is 8.00. The molecule has 0 spiro atoms. The van der Waals surface area contributed by atoms with Crippen molar-refractivity contribution >= 4 is 6.08 Å². The lowest BCUT2D eigenvalue weighted by Crippen LogP contribution is -1.98. The van der Waals surface area contributed by atoms with Crippen LogP contribution in [0.4, 0.5) is 0 Å². The van der Waals surface area contributed by atoms with Crippen molar-refractivity contribution in [3.05, 3.63) is 17.7 Å². The Labute approximate surface area is 85.9 Å². The van der Waals surface area contributed by atoms with Crippen LogP contribution in [0.15, 0.2) is 11.9 Å². The molecule has 0 saturated heterocycles. The Balaban J connectivity index is 2.94. The Bertz CT molecular complexity index is 310. The molecule has 0 radical (unpaired) electrons. The first kappa shape index (κ1) is 11.0. The molecular formula is C11H19N3. The van der Waals surface area contributed by atoms with Crippen molar-refractivity contribution in [1.82, 2.24) is 14.8 Å². The van der Waals surface area contributed by atoms with E-state index in [1.54, 1.807) is 6.33 Å². The maximum Gasteiger partial charge on any atom is 0.156 e. The first-order chi connectivity index (χ1) is 6.69. The van der Waals surface area contributed by atoms with Crippen LogP contribution in [0, 0.1) is 5.92 Å². The summed E-state index contributed by atoms with van der Waals surface area (Å²) in [7, 11) is 0. The van der Waals surface area contributed by atoms with E-state index in [0.29, 0.717) is 5.92 Å². The van der Waals surface area contributed by atoms with Crippen molar-refractivity contribution in [3.8, 4) is 0 Å². The summed E-state index contributed by atoms with van der Waals surface area (Å²) >= 11 is 0. The van der Waals surface area contributed by atoms with Crippen LogP contribution in [0.2, 0.25) is 0 Å². The largest absolute Gasteiger partial charge is 0.314 e. The Hall–Kier alpha value is -1.12. The molecule has 0 amide bonds. The Morgan fingerprint density at radius 1 is 1.50 bits per heavy atom. The van der Waals surface area contributed by atoms with E-state index in [1.165, 1.54) is 5.57 Å². The Morgan fingerprint density at radius 2 is 2.21 bits per heavy atom. The van der Waals surface area contributed by atoms with Crippen LogP contribution in [0.1, 0.15) is 39.9 Å². The third-order valence-electron chi connectivity index (χ3n) is 2.45. The summed E-state index contributed by atoms with van der Waals surface area (Å²) < 4.78 is 2.05. The summed E-state index contributed by atoms with van der Waals surface area (Å²) in [6.07, 6.45) is 5.01. The quantitative estimate of drug-likeness (QED) is 0.736. The number of hydrogen-bond donors (Lipinski definition) is 0. The molecule has 0 aliphatic carbocycles. The van der Waals surface area contributed by atoms with Gasteiger partial charge in [-0.15, -0.1) is 10.2 Å². The van der Waals surface area contributed by atoms with Crippen molar-refractivity contribution in [2.45, 2.75) is 40.7 Å². The molecule has 0 bridgehead atoms. The Morgan fingerprint density at radius 3 is 2.71 bits per heavy atom. The molecule has 0 unspecified atom stereocenters. The molecule has 3 nitrogen and oxygen atoms in total. The van der Waals surface area contributed by atoms with Gasteiger partial charge in [-0.05, 0) is 25.3 Å². The van der Waals surface area contributed by atoms with Crippen molar-refractivity contribution in [2.24, 2.45) is 5.92 Å². The fourth-order valence-electron chi connectivity index (χ4n) is 1.46. The lowest BCUT2D eigenvalue weighted by atomic mass is 10.0. The average molecular weight is 193 g/mol. The number of nitrogens with zero attached hydrogens (tertiary/aromatic N) is 3. The number of hydrogen-bond acceptors (Lipinski definition) is 2. The molecule has 1 heterocycles. The molecule has 1 rings (SSSR count). The molecular weight excluding hydrogens is 174 g/mol. The Kier molecular flexibility index (Phi) is 3.86. The average Bonchev–Trinajstić information content (AvgIpc) is 2.60. The second kappa shape index (κ2) is 4.94. The van der Waals surface area contributed by atoms with Gasteiger partial charge in [-0.2, -0.15) is 0 Å². The number of aromatic nitrogens is 3. The third kappa shape index (κ3) is 2.44. The standard InChI is InChI=1S/C11H19N3/c1-5-10(9(3)4)7-11-13-12-8-14(11)6-2/h7-9H,5-6H2,1-4H3/b10-7+. The molecule has 0 fully saturated rings. The third-order valence-corrected chi connectivity index (χ3v) is 2.45. The van der Waals surface area contributed by atoms with Crippen LogP contribution in [0.5, 0.6) is 0 Å². The molecule has 0 aromatic carbocycles. The first-order valence-electron chi connectivity index (χ1n) is 5.27. The van der Waals surface area contributed by atoms with Gasteiger partial charge in [0, 0.05) is 6.54 Å². The van der Waals surface area contributed by atoms with Gasteiger partial charge in [0.1, 0.15) is 6.33 Å². The van der Waals surface area contributed by atoms with E-state index in [1.807, 2.05) is 0 Å². The molecule has 0 aliphatic heterocycles. The zero-order valence-corrected chi connectivity index (χ0v) is 9.49. The fourth-order valence-corrected chi connectivity index (χ4v) is 1.46. The van der Waals surface area contributed by atoms with Crippen LogP contribution in [-0.4, -0.2) is 14.8 Å². The number of allylic oxidation sites excluding steroid dienone is 1. The molecule has 3 heteroatoms. The topological polar surface area (TPSA) is 30.7 Å². The normalized spacial score (nSPS) is 12.5. The van der Waals surface area contributed by atoms with Gasteiger partial charge in [0.15, 0.2) is 5.82 Å². The lowest BCUT2D eigenvalue weighted by molar-refractivity contribution is 0.725. The van der Waals surface area contributed by atoms with Crippen molar-refractivity contribution in [3.63, 3.8) is 0 Å². The second-order valence-corrected chi connectivity index (χ2v) is 3.70. The van der Waals surface area contributed by atoms with Gasteiger partial charge in [-0.1, -0.05) is 26.3 Å². The molecule has 14 heavy (non-hydrogen) atoms. The number of aryl methyl sites for hydroxylation is 1. The van der Waals surface area contributed by atoms with E-state index in [-0.39, 0.29) is 0 Å². The van der Waals surface area contributed by atoms with Crippen LogP contribution >= 0.6 is 0 Å². The monoisotopic (exact) mass is 193 g/mol. The maximum absolute atomic E-state index is 4.09. The van der Waals surface area contributed by atoms with Crippen LogP contribution < -0.4 is 0 Å². The molecule has 0 atom stereocenters. The summed E-state index contributed by atoms with van der Waals surface area (Å²) in [4.78, 5) is 0. The van der Waals surface area contributed by atoms with E-state index in [2.05, 4.69) is 48.5 Å². The van der Waals surface area contributed by atoms with E-state index >= 15 is 0 Å². The highest BCUT2D eigenvalue weighted by Gasteiger charge is 2.04. The molecule has 78 valence electrons. The van der Waals surface area contributed by atoms with Crippen molar-refractivity contribution < 1.29 is 0 Å². The van der Waals surface area contributed by atoms with Gasteiger partial charge in [0.2, 0.25) is 0 Å². The van der Waals surface area contributed by atoms with Gasteiger partial charge < -0.3 is 4.57 Å². The zero-order chi connectivity index (χ0) is 10.6. The van der Waals surface area contributed by atoms with Gasteiger partial charge in [-0.25, -0.2) is 0 Å². The summed E-state index contributed by atoms with van der Waals surface area (Å²) in [6, 6.07) is 0. The lowest BCUT2D eigenvalue weighted by Gasteiger charge is -2.08. The predicted molar refractivity (Wildman–Crippen MR) is 58.8 cm³/mol. The van der Waals surface area contributed by atoms with Crippen molar-refractivity contribution in [2.75, 3.05) is 0 Å². The minimum absolute atomic E-state index is 0.585. The van der Waals surface area contributed by atoms with E-state index < -0.39 is 0 Å². The fraction of sp³-hybridized carbons (Fsp3) is 0.636. The minimum atomic E-state index is 0.585. The van der Waals surface area contributed by atoms with Gasteiger partial charge in [-0.3, -0.25) is 0 Å². The van der Waals surface area contributed by atoms with E-state index in [0.717, 1.165) is 18.8 Å². The highest BCUT2D eigenvalue weighted by molar-refractivity contribution is 5.45. The summed E-state index contributed by atoms with van der Waals surface area (Å²) in [5.74, 6) is 1.56. The van der Waals surface area contributed by atoms with E-state index in [4.69, 9.17) is 0 Å². The van der Waals surface area contributed by atoms with Gasteiger partial charge >= 0.3 is 0 Å². The molecule has 0 N–H and O–H groups in total. The highest BCUT2D eigenvalue weighted by Crippen LogP contribution is 2.16. The highest BCUT2D eigenvalue weighted by atomic mass is 15.2. The smallest absolute Gasteiger partial charge is 0.156 e. The van der Waals surface area contributed by atoms with Crippen molar-refractivity contribution in [1.29, 1.82) is 0 Å². The second-order valence-electron chi connectivity index (χ2n) is 3.70. The molecule has 1 aromatic rings. The summed E-state index contributed by atoms with van der Waals surface area (Å²) in [6.45, 7) is 9.62. The molecule has 0 aliphatic rings. The number of rotatable bonds is 4. The zero-order valence-electron chi connectivity index (χ0n) is 9.49. The maximum atomic E-state index is 4.09. The summed E-state index contributed by atoms with van der Waals surface area (Å²) in [5.41, 5.74) is 1.42. The van der Waals surface area contributed by atoms with Crippen LogP contribution in [0.3, 0.4) is 0 Å². The minimum Gasteiger partial charge on any atom is -0.314 e. The molecule has 1 aromatic heterocycles.